The molecule has 0 fully saturated rings. The maximum atomic E-state index is 2.46. The van der Waals surface area contributed by atoms with Gasteiger partial charge in [0.2, 0.25) is 0 Å². The van der Waals surface area contributed by atoms with Gasteiger partial charge in [-0.25, -0.2) is 0 Å². The van der Waals surface area contributed by atoms with Gasteiger partial charge in [-0.15, -0.1) is 0 Å². The van der Waals surface area contributed by atoms with Crippen LogP contribution in [0.25, 0.3) is 147 Å². The Kier molecular flexibility index (Phi) is 9.64. The van der Waals surface area contributed by atoms with Crippen LogP contribution in [0.1, 0.15) is 0 Å². The Bertz CT molecular complexity index is 5020. The second-order valence-corrected chi connectivity index (χ2v) is 20.4. The molecule has 77 heavy (non-hydrogen) atoms. The topological polar surface area (TPSA) is 14.8 Å². The van der Waals surface area contributed by atoms with Crippen LogP contribution in [-0.4, -0.2) is 13.7 Å². The summed E-state index contributed by atoms with van der Waals surface area (Å²) in [5.41, 5.74) is 13.4. The van der Waals surface area contributed by atoms with Crippen LogP contribution in [0.3, 0.4) is 0 Å². The Hall–Kier alpha value is -10.2. The van der Waals surface area contributed by atoms with Crippen LogP contribution >= 0.6 is 0 Å². The molecule has 0 saturated heterocycles. The van der Waals surface area contributed by atoms with Gasteiger partial charge in [-0.1, -0.05) is 206 Å². The first-order valence-corrected chi connectivity index (χ1v) is 26.6. The van der Waals surface area contributed by atoms with E-state index in [1.54, 1.807) is 0 Å². The SMILES string of the molecule is c1ccc(-n2c3ccccc3c3cc(-n4c5ccc6ccccc6c5c5c6ccccc6ccc54)ccc32)cc1.c1ccc2cc(-c3ccc(-n4c5ccc6ccccc6c5c5c6ccccc6ccc54)cc3)ccc2c1. The van der Waals surface area contributed by atoms with Crippen molar-refractivity contribution in [1.29, 1.82) is 0 Å². The zero-order valence-corrected chi connectivity index (χ0v) is 42.0. The Labute approximate surface area is 443 Å². The van der Waals surface area contributed by atoms with E-state index in [0.717, 1.165) is 0 Å². The van der Waals surface area contributed by atoms with E-state index >= 15 is 0 Å². The average Bonchev–Trinajstić information content (AvgIpc) is 4.28. The highest BCUT2D eigenvalue weighted by atomic mass is 15.0. The predicted octanol–water partition coefficient (Wildman–Crippen LogP) is 20.1. The maximum absolute atomic E-state index is 2.46. The van der Waals surface area contributed by atoms with Crippen molar-refractivity contribution in [1.82, 2.24) is 13.7 Å². The molecule has 17 aromatic rings. The lowest BCUT2D eigenvalue weighted by Gasteiger charge is -2.11. The molecule has 0 saturated carbocycles. The van der Waals surface area contributed by atoms with Gasteiger partial charge in [0.05, 0.1) is 33.1 Å². The molecule has 17 rings (SSSR count). The third-order valence-electron chi connectivity index (χ3n) is 16.2. The van der Waals surface area contributed by atoms with Crippen LogP contribution in [0, 0.1) is 0 Å². The summed E-state index contributed by atoms with van der Waals surface area (Å²) in [5.74, 6) is 0. The standard InChI is InChI=1S/C38H24N2.C36H23N/c1-2-12-27(13-3-1)39-33-17-9-8-16-31(33)32-24-28(20-23-34(32)39)40-35-21-18-25-10-4-6-14-29(25)37(35)38-30-15-7-5-11-26(30)19-22-36(38)40;1-2-10-28-23-29(14-13-24(28)7-1)25-15-19-30(20-16-25)37-33-21-17-26-8-3-5-11-31(26)35(33)36-32-12-6-4-9-27(32)18-22-34(36)37/h1-24H;1-23H. The second-order valence-electron chi connectivity index (χ2n) is 20.4. The van der Waals surface area contributed by atoms with Gasteiger partial charge in [0.15, 0.2) is 0 Å². The monoisotopic (exact) mass is 977 g/mol. The minimum absolute atomic E-state index is 1.18. The molecule has 3 aromatic heterocycles. The summed E-state index contributed by atoms with van der Waals surface area (Å²) in [4.78, 5) is 0. The van der Waals surface area contributed by atoms with E-state index < -0.39 is 0 Å². The molecule has 3 nitrogen and oxygen atoms in total. The average molecular weight is 978 g/mol. The quantitative estimate of drug-likeness (QED) is 0.167. The van der Waals surface area contributed by atoms with Crippen molar-refractivity contribution in [2.24, 2.45) is 0 Å². The van der Waals surface area contributed by atoms with Gasteiger partial charge in [-0.2, -0.15) is 0 Å². The zero-order chi connectivity index (χ0) is 50.6. The molecule has 0 aliphatic rings. The normalized spacial score (nSPS) is 11.9. The molecule has 0 radical (unpaired) electrons. The van der Waals surface area contributed by atoms with Crippen LogP contribution in [0.5, 0.6) is 0 Å². The third-order valence-corrected chi connectivity index (χ3v) is 16.2. The lowest BCUT2D eigenvalue weighted by molar-refractivity contribution is 1.17. The summed E-state index contributed by atoms with van der Waals surface area (Å²) in [6.07, 6.45) is 0. The van der Waals surface area contributed by atoms with Crippen molar-refractivity contribution in [3.63, 3.8) is 0 Å². The zero-order valence-electron chi connectivity index (χ0n) is 42.0. The molecular formula is C74H47N3. The largest absolute Gasteiger partial charge is 0.309 e. The molecule has 0 aliphatic carbocycles. The van der Waals surface area contributed by atoms with E-state index in [1.807, 2.05) is 0 Å². The van der Waals surface area contributed by atoms with Crippen LogP contribution in [0.4, 0.5) is 0 Å². The Morgan fingerprint density at radius 2 is 0.506 bits per heavy atom. The van der Waals surface area contributed by atoms with Crippen molar-refractivity contribution >= 4 is 119 Å². The Balaban J connectivity index is 0.000000130. The maximum Gasteiger partial charge on any atom is 0.0547 e. The van der Waals surface area contributed by atoms with Crippen LogP contribution in [0.15, 0.2) is 285 Å². The number of fused-ring (bicyclic) bond motifs is 18. The van der Waals surface area contributed by atoms with E-state index in [0.29, 0.717) is 0 Å². The number of benzene rings is 14. The molecule has 0 bridgehead atoms. The molecule has 0 spiro atoms. The number of para-hydroxylation sites is 2. The minimum Gasteiger partial charge on any atom is -0.309 e. The van der Waals surface area contributed by atoms with E-state index in [2.05, 4.69) is 299 Å². The first-order valence-electron chi connectivity index (χ1n) is 26.6. The van der Waals surface area contributed by atoms with Gasteiger partial charge in [0.25, 0.3) is 0 Å². The number of rotatable bonds is 4. The first kappa shape index (κ1) is 43.2. The number of nitrogens with zero attached hydrogens (tertiary/aromatic N) is 3. The number of hydrogen-bond donors (Lipinski definition) is 0. The van der Waals surface area contributed by atoms with Gasteiger partial charge in [-0.05, 0) is 144 Å². The second kappa shape index (κ2) is 17.2. The molecule has 358 valence electrons. The summed E-state index contributed by atoms with van der Waals surface area (Å²) < 4.78 is 7.26. The first-order chi connectivity index (χ1) is 38.2. The lowest BCUT2D eigenvalue weighted by Crippen LogP contribution is -1.95. The fourth-order valence-electron chi connectivity index (χ4n) is 12.8. The van der Waals surface area contributed by atoms with Gasteiger partial charge in [0.1, 0.15) is 0 Å². The smallest absolute Gasteiger partial charge is 0.0547 e. The van der Waals surface area contributed by atoms with Crippen molar-refractivity contribution in [2.75, 3.05) is 0 Å². The molecule has 0 N–H and O–H groups in total. The van der Waals surface area contributed by atoms with Gasteiger partial charge < -0.3 is 13.7 Å². The fraction of sp³-hybridized carbons (Fsp3) is 0. The van der Waals surface area contributed by atoms with Crippen LogP contribution in [0.2, 0.25) is 0 Å². The Morgan fingerprint density at radius 1 is 0.169 bits per heavy atom. The van der Waals surface area contributed by atoms with Crippen molar-refractivity contribution in [2.45, 2.75) is 0 Å². The van der Waals surface area contributed by atoms with Crippen LogP contribution < -0.4 is 0 Å². The lowest BCUT2D eigenvalue weighted by atomic mass is 10.00. The van der Waals surface area contributed by atoms with Crippen molar-refractivity contribution in [3.8, 4) is 28.2 Å². The highest BCUT2D eigenvalue weighted by Gasteiger charge is 2.21. The highest BCUT2D eigenvalue weighted by molar-refractivity contribution is 6.30. The molecular weight excluding hydrogens is 931 g/mol. The molecule has 0 aliphatic heterocycles. The van der Waals surface area contributed by atoms with E-state index in [-0.39, 0.29) is 0 Å². The fourth-order valence-corrected chi connectivity index (χ4v) is 12.8. The van der Waals surface area contributed by atoms with Gasteiger partial charge in [-0.3, -0.25) is 0 Å². The predicted molar refractivity (Wildman–Crippen MR) is 329 cm³/mol. The van der Waals surface area contributed by atoms with Gasteiger partial charge in [0, 0.05) is 49.4 Å². The van der Waals surface area contributed by atoms with Crippen molar-refractivity contribution in [3.05, 3.63) is 285 Å². The minimum atomic E-state index is 1.18. The summed E-state index contributed by atoms with van der Waals surface area (Å²) in [5, 5.41) is 20.6. The number of hydrogen-bond acceptors (Lipinski definition) is 0. The number of aromatic nitrogens is 3. The summed E-state index contributed by atoms with van der Waals surface area (Å²) in [7, 11) is 0. The van der Waals surface area contributed by atoms with E-state index in [1.165, 1.54) is 147 Å². The van der Waals surface area contributed by atoms with Crippen LogP contribution in [-0.2, 0) is 0 Å². The van der Waals surface area contributed by atoms with Crippen molar-refractivity contribution < 1.29 is 0 Å². The molecule has 0 amide bonds. The third kappa shape index (κ3) is 6.70. The molecule has 3 heteroatoms. The Morgan fingerprint density at radius 3 is 1.03 bits per heavy atom. The molecule has 14 aromatic carbocycles. The summed E-state index contributed by atoms with van der Waals surface area (Å²) >= 11 is 0. The summed E-state index contributed by atoms with van der Waals surface area (Å²) in [6, 6.07) is 104. The van der Waals surface area contributed by atoms with E-state index in [9.17, 15) is 0 Å². The van der Waals surface area contributed by atoms with E-state index in [4.69, 9.17) is 0 Å². The molecule has 0 atom stereocenters. The molecule has 3 heterocycles. The summed E-state index contributed by atoms with van der Waals surface area (Å²) in [6.45, 7) is 0. The molecule has 0 unspecified atom stereocenters. The van der Waals surface area contributed by atoms with Gasteiger partial charge >= 0.3 is 0 Å². The highest BCUT2D eigenvalue weighted by Crippen LogP contribution is 2.44.